The highest BCUT2D eigenvalue weighted by molar-refractivity contribution is 7.22. The Morgan fingerprint density at radius 2 is 2.10 bits per heavy atom. The van der Waals surface area contributed by atoms with Gasteiger partial charge in [-0.05, 0) is 25.1 Å². The third-order valence-corrected chi connectivity index (χ3v) is 3.86. The van der Waals surface area contributed by atoms with Gasteiger partial charge in [-0.1, -0.05) is 23.5 Å². The van der Waals surface area contributed by atoms with Crippen molar-refractivity contribution in [3.8, 4) is 0 Å². The van der Waals surface area contributed by atoms with Gasteiger partial charge >= 0.3 is 0 Å². The van der Waals surface area contributed by atoms with Gasteiger partial charge in [-0.15, -0.1) is 0 Å². The molecule has 0 bridgehead atoms. The fourth-order valence-corrected chi connectivity index (χ4v) is 2.74. The molecule has 1 aromatic carbocycles. The van der Waals surface area contributed by atoms with Crippen molar-refractivity contribution < 1.29 is 4.79 Å². The van der Waals surface area contributed by atoms with Crippen molar-refractivity contribution in [2.24, 2.45) is 0 Å². The Morgan fingerprint density at radius 3 is 2.86 bits per heavy atom. The molecule has 0 saturated heterocycles. The molecule has 0 aliphatic carbocycles. The quantitative estimate of drug-likeness (QED) is 0.804. The highest BCUT2D eigenvalue weighted by atomic mass is 32.1. The van der Waals surface area contributed by atoms with Crippen molar-refractivity contribution >= 4 is 32.6 Å². The Hall–Kier alpha value is -2.54. The lowest BCUT2D eigenvalue weighted by molar-refractivity contribution is 0.102. The second-order valence-corrected chi connectivity index (χ2v) is 5.34. The fraction of sp³-hybridized carbons (Fsp3) is 0.143. The van der Waals surface area contributed by atoms with Gasteiger partial charge in [0.25, 0.3) is 11.5 Å². The minimum Gasteiger partial charge on any atom is -0.296 e. The van der Waals surface area contributed by atoms with Crippen molar-refractivity contribution in [1.82, 2.24) is 14.8 Å². The van der Waals surface area contributed by atoms with E-state index in [0.717, 1.165) is 10.2 Å². The summed E-state index contributed by atoms with van der Waals surface area (Å²) in [7, 11) is 0. The fourth-order valence-electron chi connectivity index (χ4n) is 1.88. The van der Waals surface area contributed by atoms with E-state index < -0.39 is 0 Å². The number of para-hydroxylation sites is 1. The third kappa shape index (κ3) is 2.68. The number of nitrogens with zero attached hydrogens (tertiary/aromatic N) is 3. The van der Waals surface area contributed by atoms with E-state index in [1.165, 1.54) is 28.2 Å². The number of aromatic nitrogens is 3. The maximum absolute atomic E-state index is 12.1. The van der Waals surface area contributed by atoms with Crippen LogP contribution >= 0.6 is 11.3 Å². The lowest BCUT2D eigenvalue weighted by atomic mass is 10.3. The standard InChI is InChI=1S/C14H12N4O2S/c1-2-18-12(19)8-7-10(17-18)13(20)16-14-15-9-5-3-4-6-11(9)21-14/h3-8H,2H2,1H3,(H,15,16,20). The van der Waals surface area contributed by atoms with Gasteiger partial charge in [0, 0.05) is 12.6 Å². The van der Waals surface area contributed by atoms with Crippen LogP contribution in [0.25, 0.3) is 10.2 Å². The van der Waals surface area contributed by atoms with Crippen LogP contribution in [0.15, 0.2) is 41.2 Å². The number of thiazole rings is 1. The smallest absolute Gasteiger partial charge is 0.277 e. The summed E-state index contributed by atoms with van der Waals surface area (Å²) in [6.45, 7) is 2.21. The second-order valence-electron chi connectivity index (χ2n) is 4.31. The highest BCUT2D eigenvalue weighted by Gasteiger charge is 2.12. The van der Waals surface area contributed by atoms with E-state index in [1.807, 2.05) is 24.3 Å². The Kier molecular flexibility index (Phi) is 3.49. The maximum Gasteiger partial charge on any atom is 0.277 e. The van der Waals surface area contributed by atoms with Crippen molar-refractivity contribution in [3.05, 3.63) is 52.4 Å². The molecular formula is C14H12N4O2S. The minimum absolute atomic E-state index is 0.190. The normalized spacial score (nSPS) is 10.7. The summed E-state index contributed by atoms with van der Waals surface area (Å²) in [4.78, 5) is 27.9. The van der Waals surface area contributed by atoms with Crippen molar-refractivity contribution in [1.29, 1.82) is 0 Å². The maximum atomic E-state index is 12.1. The molecule has 1 N–H and O–H groups in total. The van der Waals surface area contributed by atoms with E-state index in [2.05, 4.69) is 15.4 Å². The van der Waals surface area contributed by atoms with Gasteiger partial charge in [0.15, 0.2) is 5.13 Å². The molecule has 0 aliphatic rings. The van der Waals surface area contributed by atoms with Crippen molar-refractivity contribution in [2.75, 3.05) is 5.32 Å². The van der Waals surface area contributed by atoms with Crippen molar-refractivity contribution in [2.45, 2.75) is 13.5 Å². The minimum atomic E-state index is -0.378. The number of aryl methyl sites for hydroxylation is 1. The highest BCUT2D eigenvalue weighted by Crippen LogP contribution is 2.25. The van der Waals surface area contributed by atoms with Crippen LogP contribution in [0.5, 0.6) is 0 Å². The molecule has 0 spiro atoms. The van der Waals surface area contributed by atoms with Crippen LogP contribution in [-0.2, 0) is 6.54 Å². The zero-order chi connectivity index (χ0) is 14.8. The number of anilines is 1. The Bertz CT molecular complexity index is 836. The molecule has 106 valence electrons. The molecule has 0 fully saturated rings. The molecule has 3 aromatic rings. The number of nitrogens with one attached hydrogen (secondary N) is 1. The Morgan fingerprint density at radius 1 is 1.29 bits per heavy atom. The van der Waals surface area contributed by atoms with E-state index in [1.54, 1.807) is 6.92 Å². The third-order valence-electron chi connectivity index (χ3n) is 2.91. The lowest BCUT2D eigenvalue weighted by Gasteiger charge is -2.03. The number of benzene rings is 1. The number of amides is 1. The SMILES string of the molecule is CCn1nc(C(=O)Nc2nc3ccccc3s2)ccc1=O. The largest absolute Gasteiger partial charge is 0.296 e. The summed E-state index contributed by atoms with van der Waals surface area (Å²) in [5, 5.41) is 7.23. The summed E-state index contributed by atoms with van der Waals surface area (Å²) in [5.74, 6) is -0.378. The number of fused-ring (bicyclic) bond motifs is 1. The second kappa shape index (κ2) is 5.45. The summed E-state index contributed by atoms with van der Waals surface area (Å²) < 4.78 is 2.24. The molecule has 21 heavy (non-hydrogen) atoms. The Balaban J connectivity index is 1.87. The molecule has 0 atom stereocenters. The molecule has 1 amide bonds. The number of rotatable bonds is 3. The summed E-state index contributed by atoms with van der Waals surface area (Å²) in [5.41, 5.74) is 0.800. The van der Waals surface area contributed by atoms with E-state index in [4.69, 9.17) is 0 Å². The van der Waals surface area contributed by atoms with Crippen LogP contribution in [0.3, 0.4) is 0 Å². The van der Waals surface area contributed by atoms with Crippen LogP contribution in [0.2, 0.25) is 0 Å². The average molecular weight is 300 g/mol. The molecular weight excluding hydrogens is 288 g/mol. The van der Waals surface area contributed by atoms with Gasteiger partial charge in [-0.2, -0.15) is 5.10 Å². The van der Waals surface area contributed by atoms with Crippen LogP contribution in [0.4, 0.5) is 5.13 Å². The topological polar surface area (TPSA) is 76.9 Å². The Labute approximate surface area is 124 Å². The lowest BCUT2D eigenvalue weighted by Crippen LogP contribution is -2.25. The van der Waals surface area contributed by atoms with Crippen LogP contribution in [0, 0.1) is 0 Å². The molecule has 0 radical (unpaired) electrons. The predicted octanol–water partition coefficient (Wildman–Crippen LogP) is 2.13. The molecule has 6 nitrogen and oxygen atoms in total. The molecule has 0 unspecified atom stereocenters. The van der Waals surface area contributed by atoms with Gasteiger partial charge in [0.05, 0.1) is 10.2 Å². The van der Waals surface area contributed by atoms with E-state index in [-0.39, 0.29) is 17.2 Å². The number of hydrogen-bond donors (Lipinski definition) is 1. The molecule has 2 aromatic heterocycles. The summed E-state index contributed by atoms with van der Waals surface area (Å²) >= 11 is 1.39. The first-order valence-electron chi connectivity index (χ1n) is 6.42. The van der Waals surface area contributed by atoms with Crippen LogP contribution < -0.4 is 10.9 Å². The first kappa shape index (κ1) is 13.4. The monoisotopic (exact) mass is 300 g/mol. The van der Waals surface area contributed by atoms with Gasteiger partial charge in [0.2, 0.25) is 0 Å². The van der Waals surface area contributed by atoms with E-state index in [0.29, 0.717) is 11.7 Å². The average Bonchev–Trinajstić information content (AvgIpc) is 2.89. The van der Waals surface area contributed by atoms with Gasteiger partial charge in [-0.25, -0.2) is 9.67 Å². The number of carbonyl (C=O) groups excluding carboxylic acids is 1. The molecule has 2 heterocycles. The summed E-state index contributed by atoms with van der Waals surface area (Å²) in [6, 6.07) is 10.4. The van der Waals surface area contributed by atoms with Crippen LogP contribution in [0.1, 0.15) is 17.4 Å². The molecule has 7 heteroatoms. The first-order chi connectivity index (χ1) is 10.2. The van der Waals surface area contributed by atoms with E-state index in [9.17, 15) is 9.59 Å². The predicted molar refractivity (Wildman–Crippen MR) is 81.7 cm³/mol. The number of hydrogen-bond acceptors (Lipinski definition) is 5. The van der Waals surface area contributed by atoms with Gasteiger partial charge in [-0.3, -0.25) is 14.9 Å². The molecule has 0 saturated carbocycles. The number of carbonyl (C=O) groups is 1. The van der Waals surface area contributed by atoms with Crippen molar-refractivity contribution in [3.63, 3.8) is 0 Å². The zero-order valence-electron chi connectivity index (χ0n) is 11.2. The molecule has 0 aliphatic heterocycles. The van der Waals surface area contributed by atoms with E-state index >= 15 is 0 Å². The van der Waals surface area contributed by atoms with Gasteiger partial charge in [0.1, 0.15) is 5.69 Å². The first-order valence-corrected chi connectivity index (χ1v) is 7.24. The zero-order valence-corrected chi connectivity index (χ0v) is 12.1. The molecule has 3 rings (SSSR count). The van der Waals surface area contributed by atoms with Crippen LogP contribution in [-0.4, -0.2) is 20.7 Å². The summed E-state index contributed by atoms with van der Waals surface area (Å²) in [6.07, 6.45) is 0. The van der Waals surface area contributed by atoms with Gasteiger partial charge < -0.3 is 0 Å².